The van der Waals surface area contributed by atoms with E-state index in [2.05, 4.69) is 96.8 Å². The van der Waals surface area contributed by atoms with Crippen molar-refractivity contribution >= 4 is 31.9 Å². The molecule has 0 amide bonds. The summed E-state index contributed by atoms with van der Waals surface area (Å²) in [5.74, 6) is 0. The summed E-state index contributed by atoms with van der Waals surface area (Å²) in [6.07, 6.45) is 0. The maximum atomic E-state index is 3.91. The molecule has 0 N–H and O–H groups in total. The number of hydrogen-bond donors (Lipinski definition) is 0. The standard InChI is InChI=1S/C17H20Br2/c1-14(2)12(15(14,3)4)13-16(5,17(13,18)19)11-9-7-6-8-10-11/h6-10H,1-5H3. The third-order valence-corrected chi connectivity index (χ3v) is 8.11. The molecule has 2 aliphatic rings. The number of halogens is 2. The highest BCUT2D eigenvalue weighted by Gasteiger charge is 2.75. The minimum absolute atomic E-state index is 0.0641. The van der Waals surface area contributed by atoms with E-state index < -0.39 is 0 Å². The summed E-state index contributed by atoms with van der Waals surface area (Å²) in [7, 11) is 0. The van der Waals surface area contributed by atoms with Crippen molar-refractivity contribution in [2.45, 2.75) is 43.3 Å². The molecule has 0 spiro atoms. The van der Waals surface area contributed by atoms with Gasteiger partial charge in [0.2, 0.25) is 0 Å². The molecule has 2 aliphatic carbocycles. The number of benzene rings is 1. The SMILES string of the molecule is CC1(C)C(=C2C(Br)(Br)C2(C)c2ccccc2)C1(C)C. The summed E-state index contributed by atoms with van der Waals surface area (Å²) in [5.41, 5.74) is 5.20. The van der Waals surface area contributed by atoms with Gasteiger partial charge in [0, 0.05) is 5.41 Å². The predicted molar refractivity (Wildman–Crippen MR) is 89.0 cm³/mol. The van der Waals surface area contributed by atoms with Crippen LogP contribution in [0, 0.1) is 10.8 Å². The van der Waals surface area contributed by atoms with Crippen LogP contribution in [-0.4, -0.2) is 3.23 Å². The molecule has 2 fully saturated rings. The lowest BCUT2D eigenvalue weighted by molar-refractivity contribution is 0.457. The van der Waals surface area contributed by atoms with Crippen molar-refractivity contribution in [3.05, 3.63) is 47.0 Å². The Morgan fingerprint density at radius 2 is 1.21 bits per heavy atom. The van der Waals surface area contributed by atoms with E-state index in [0.717, 1.165) is 0 Å². The van der Waals surface area contributed by atoms with Gasteiger partial charge in [-0.05, 0) is 28.9 Å². The van der Waals surface area contributed by atoms with Crippen LogP contribution in [0.15, 0.2) is 41.5 Å². The van der Waals surface area contributed by atoms with Gasteiger partial charge in [-0.2, -0.15) is 0 Å². The van der Waals surface area contributed by atoms with E-state index in [0.29, 0.717) is 10.8 Å². The second-order valence-electron chi connectivity index (χ2n) is 7.07. The molecule has 102 valence electrons. The first-order chi connectivity index (χ1) is 8.59. The summed E-state index contributed by atoms with van der Waals surface area (Å²) in [6.45, 7) is 11.8. The molecule has 0 aliphatic heterocycles. The number of rotatable bonds is 1. The van der Waals surface area contributed by atoms with Gasteiger partial charge in [0.1, 0.15) is 3.23 Å². The Morgan fingerprint density at radius 1 is 0.737 bits per heavy atom. The highest BCUT2D eigenvalue weighted by molar-refractivity contribution is 9.26. The summed E-state index contributed by atoms with van der Waals surface area (Å²) in [5, 5.41) is 0. The second kappa shape index (κ2) is 3.57. The molecule has 0 nitrogen and oxygen atoms in total. The lowest BCUT2D eigenvalue weighted by Gasteiger charge is -2.11. The minimum atomic E-state index is -0.0747. The van der Waals surface area contributed by atoms with Gasteiger partial charge >= 0.3 is 0 Å². The molecule has 19 heavy (non-hydrogen) atoms. The van der Waals surface area contributed by atoms with Crippen LogP contribution < -0.4 is 0 Å². The van der Waals surface area contributed by atoms with Crippen LogP contribution in [0.2, 0.25) is 0 Å². The van der Waals surface area contributed by atoms with E-state index in [-0.39, 0.29) is 8.65 Å². The molecule has 2 saturated carbocycles. The van der Waals surface area contributed by atoms with E-state index in [9.17, 15) is 0 Å². The smallest absolute Gasteiger partial charge is 0.0664 e. The molecule has 2 heteroatoms. The fourth-order valence-corrected chi connectivity index (χ4v) is 5.46. The predicted octanol–water partition coefficient (Wildman–Crippen LogP) is 5.81. The van der Waals surface area contributed by atoms with Crippen molar-refractivity contribution in [2.75, 3.05) is 0 Å². The fraction of sp³-hybridized carbons (Fsp3) is 0.529. The quantitative estimate of drug-likeness (QED) is 0.424. The zero-order chi connectivity index (χ0) is 14.3. The van der Waals surface area contributed by atoms with Gasteiger partial charge in [0.05, 0.1) is 0 Å². The monoisotopic (exact) mass is 382 g/mol. The van der Waals surface area contributed by atoms with Crippen LogP contribution in [0.1, 0.15) is 40.2 Å². The van der Waals surface area contributed by atoms with Crippen LogP contribution in [-0.2, 0) is 5.41 Å². The van der Waals surface area contributed by atoms with E-state index in [4.69, 9.17) is 0 Å². The first-order valence-electron chi connectivity index (χ1n) is 6.79. The molecule has 1 unspecified atom stereocenters. The van der Waals surface area contributed by atoms with Crippen LogP contribution >= 0.6 is 31.9 Å². The van der Waals surface area contributed by atoms with Crippen molar-refractivity contribution in [3.8, 4) is 0 Å². The zero-order valence-electron chi connectivity index (χ0n) is 12.1. The Morgan fingerprint density at radius 3 is 1.63 bits per heavy atom. The van der Waals surface area contributed by atoms with Gasteiger partial charge in [-0.1, -0.05) is 95.5 Å². The Kier molecular flexibility index (Phi) is 2.61. The number of allylic oxidation sites excluding steroid dienone is 2. The molecule has 0 radical (unpaired) electrons. The van der Waals surface area contributed by atoms with Gasteiger partial charge in [0.25, 0.3) is 0 Å². The Balaban J connectivity index is 2.16. The van der Waals surface area contributed by atoms with E-state index in [1.54, 1.807) is 5.57 Å². The van der Waals surface area contributed by atoms with Gasteiger partial charge in [-0.25, -0.2) is 0 Å². The largest absolute Gasteiger partial charge is 0.116 e. The molecule has 0 saturated heterocycles. The lowest BCUT2D eigenvalue weighted by atomic mass is 9.96. The first-order valence-corrected chi connectivity index (χ1v) is 8.37. The van der Waals surface area contributed by atoms with Crippen LogP contribution in [0.25, 0.3) is 0 Å². The summed E-state index contributed by atoms with van der Waals surface area (Å²) in [4.78, 5) is 0. The van der Waals surface area contributed by atoms with Gasteiger partial charge in [0.15, 0.2) is 0 Å². The second-order valence-corrected chi connectivity index (χ2v) is 10.5. The Bertz CT molecular complexity index is 563. The van der Waals surface area contributed by atoms with Crippen molar-refractivity contribution < 1.29 is 0 Å². The van der Waals surface area contributed by atoms with Crippen molar-refractivity contribution in [1.82, 2.24) is 0 Å². The normalized spacial score (nSPS) is 33.2. The summed E-state index contributed by atoms with van der Waals surface area (Å²) < 4.78 is -0.0747. The Hall–Kier alpha value is -0.0800. The highest BCUT2D eigenvalue weighted by atomic mass is 79.9. The van der Waals surface area contributed by atoms with E-state index in [1.807, 2.05) is 0 Å². The number of alkyl halides is 2. The molecule has 1 aromatic rings. The number of hydrogen-bond acceptors (Lipinski definition) is 0. The van der Waals surface area contributed by atoms with Crippen molar-refractivity contribution in [3.63, 3.8) is 0 Å². The van der Waals surface area contributed by atoms with Crippen molar-refractivity contribution in [1.29, 1.82) is 0 Å². The van der Waals surface area contributed by atoms with Gasteiger partial charge in [-0.3, -0.25) is 0 Å². The third kappa shape index (κ3) is 1.45. The average molecular weight is 384 g/mol. The van der Waals surface area contributed by atoms with Gasteiger partial charge < -0.3 is 0 Å². The third-order valence-electron chi connectivity index (χ3n) is 5.73. The van der Waals surface area contributed by atoms with Crippen LogP contribution in [0.4, 0.5) is 0 Å². The van der Waals surface area contributed by atoms with E-state index in [1.165, 1.54) is 11.1 Å². The first kappa shape index (κ1) is 13.9. The molecule has 0 heterocycles. The maximum absolute atomic E-state index is 3.91. The zero-order valence-corrected chi connectivity index (χ0v) is 15.3. The maximum Gasteiger partial charge on any atom is 0.116 e. The molecule has 3 rings (SSSR count). The molecular weight excluding hydrogens is 364 g/mol. The topological polar surface area (TPSA) is 0 Å². The molecule has 1 aromatic carbocycles. The lowest BCUT2D eigenvalue weighted by Crippen LogP contribution is -2.08. The summed E-state index contributed by atoms with van der Waals surface area (Å²) in [6, 6.07) is 10.8. The molecule has 1 atom stereocenters. The molecular formula is C17H20Br2. The fourth-order valence-electron chi connectivity index (χ4n) is 3.62. The average Bonchev–Trinajstić information content (AvgIpc) is 2.93. The minimum Gasteiger partial charge on any atom is -0.0664 e. The molecule has 0 aromatic heterocycles. The summed E-state index contributed by atoms with van der Waals surface area (Å²) >= 11 is 7.83. The highest BCUT2D eigenvalue weighted by Crippen LogP contribution is 2.81. The van der Waals surface area contributed by atoms with Crippen molar-refractivity contribution in [2.24, 2.45) is 10.8 Å². The van der Waals surface area contributed by atoms with Crippen LogP contribution in [0.5, 0.6) is 0 Å². The Labute approximate surface area is 132 Å². The van der Waals surface area contributed by atoms with Gasteiger partial charge in [-0.15, -0.1) is 0 Å². The van der Waals surface area contributed by atoms with Crippen LogP contribution in [0.3, 0.4) is 0 Å². The van der Waals surface area contributed by atoms with E-state index >= 15 is 0 Å². The molecule has 0 bridgehead atoms.